The van der Waals surface area contributed by atoms with E-state index in [-0.39, 0.29) is 6.09 Å². The molecule has 1 amide bonds. The van der Waals surface area contributed by atoms with Gasteiger partial charge in [0.1, 0.15) is 5.60 Å². The van der Waals surface area contributed by atoms with Crippen LogP contribution in [0, 0.1) is 5.41 Å². The number of rotatable bonds is 6. The molecule has 0 aliphatic carbocycles. The molecule has 0 bridgehead atoms. The van der Waals surface area contributed by atoms with Crippen molar-refractivity contribution in [3.8, 4) is 0 Å². The maximum Gasteiger partial charge on any atom is 0.410 e. The SMILES string of the molecule is CN=C(NCCCN(Cc1cccnc1)C(=O)OC(C)(C)C)N1CCC2(CCOC2)C1. The molecule has 1 N–H and O–H groups in total. The van der Waals surface area contributed by atoms with E-state index < -0.39 is 5.60 Å². The molecule has 0 radical (unpaired) electrons. The second kappa shape index (κ2) is 10.3. The highest BCUT2D eigenvalue weighted by Gasteiger charge is 2.42. The Hall–Kier alpha value is -2.35. The van der Waals surface area contributed by atoms with Crippen molar-refractivity contribution in [3.63, 3.8) is 0 Å². The van der Waals surface area contributed by atoms with Crippen molar-refractivity contribution >= 4 is 12.1 Å². The number of aromatic nitrogens is 1. The van der Waals surface area contributed by atoms with Gasteiger partial charge in [-0.25, -0.2) is 4.79 Å². The van der Waals surface area contributed by atoms with Crippen LogP contribution in [-0.4, -0.2) is 78.9 Å². The Kier molecular flexibility index (Phi) is 7.75. The van der Waals surface area contributed by atoms with Crippen LogP contribution in [0.15, 0.2) is 29.5 Å². The lowest BCUT2D eigenvalue weighted by Gasteiger charge is -2.28. The van der Waals surface area contributed by atoms with E-state index in [1.54, 1.807) is 17.3 Å². The van der Waals surface area contributed by atoms with Gasteiger partial charge in [-0.05, 0) is 51.7 Å². The lowest BCUT2D eigenvalue weighted by molar-refractivity contribution is 0.0232. The summed E-state index contributed by atoms with van der Waals surface area (Å²) in [5.74, 6) is 0.930. The van der Waals surface area contributed by atoms with Gasteiger partial charge < -0.3 is 24.6 Å². The van der Waals surface area contributed by atoms with Gasteiger partial charge in [0.05, 0.1) is 13.2 Å². The number of carbonyl (C=O) groups excluding carboxylic acids is 1. The first-order valence-corrected chi connectivity index (χ1v) is 11.2. The summed E-state index contributed by atoms with van der Waals surface area (Å²) in [5, 5.41) is 3.47. The number of hydrogen-bond acceptors (Lipinski definition) is 5. The Labute approximate surface area is 186 Å². The minimum Gasteiger partial charge on any atom is -0.444 e. The molecule has 1 aromatic heterocycles. The molecule has 8 heteroatoms. The van der Waals surface area contributed by atoms with E-state index in [0.717, 1.165) is 63.6 Å². The Bertz CT molecular complexity index is 741. The molecule has 0 saturated carbocycles. The molecule has 172 valence electrons. The van der Waals surface area contributed by atoms with E-state index in [1.165, 1.54) is 0 Å². The minimum absolute atomic E-state index is 0.300. The molecule has 3 heterocycles. The highest BCUT2D eigenvalue weighted by molar-refractivity contribution is 5.80. The molecule has 2 aliphatic rings. The topological polar surface area (TPSA) is 79.3 Å². The van der Waals surface area contributed by atoms with Crippen LogP contribution < -0.4 is 5.32 Å². The largest absolute Gasteiger partial charge is 0.444 e. The highest BCUT2D eigenvalue weighted by atomic mass is 16.6. The third-order valence-corrected chi connectivity index (χ3v) is 5.77. The summed E-state index contributed by atoms with van der Waals surface area (Å²) in [6.45, 7) is 11.2. The molecule has 3 rings (SSSR count). The van der Waals surface area contributed by atoms with Crippen LogP contribution >= 0.6 is 0 Å². The second-order valence-electron chi connectivity index (χ2n) is 9.56. The van der Waals surface area contributed by atoms with Crippen molar-refractivity contribution in [1.82, 2.24) is 20.1 Å². The normalized spacial score (nSPS) is 21.5. The minimum atomic E-state index is -0.528. The van der Waals surface area contributed by atoms with Gasteiger partial charge in [-0.1, -0.05) is 6.07 Å². The summed E-state index contributed by atoms with van der Waals surface area (Å²) >= 11 is 0. The third-order valence-electron chi connectivity index (χ3n) is 5.77. The fraction of sp³-hybridized carbons (Fsp3) is 0.696. The molecule has 2 saturated heterocycles. The lowest BCUT2D eigenvalue weighted by atomic mass is 9.87. The van der Waals surface area contributed by atoms with Gasteiger partial charge in [0.2, 0.25) is 0 Å². The van der Waals surface area contributed by atoms with Crippen molar-refractivity contribution in [2.75, 3.05) is 46.4 Å². The molecular formula is C23H37N5O3. The zero-order valence-electron chi connectivity index (χ0n) is 19.4. The van der Waals surface area contributed by atoms with Crippen molar-refractivity contribution < 1.29 is 14.3 Å². The van der Waals surface area contributed by atoms with Crippen molar-refractivity contribution in [3.05, 3.63) is 30.1 Å². The van der Waals surface area contributed by atoms with Gasteiger partial charge in [-0.15, -0.1) is 0 Å². The number of likely N-dealkylation sites (tertiary alicyclic amines) is 1. The predicted octanol–water partition coefficient (Wildman–Crippen LogP) is 2.90. The van der Waals surface area contributed by atoms with Crippen LogP contribution in [0.5, 0.6) is 0 Å². The van der Waals surface area contributed by atoms with Crippen LogP contribution in [0.2, 0.25) is 0 Å². The van der Waals surface area contributed by atoms with E-state index >= 15 is 0 Å². The van der Waals surface area contributed by atoms with Gasteiger partial charge in [0.15, 0.2) is 5.96 Å². The number of ether oxygens (including phenoxy) is 2. The molecule has 1 aromatic rings. The molecule has 2 fully saturated rings. The van der Waals surface area contributed by atoms with Crippen LogP contribution in [0.4, 0.5) is 4.79 Å². The summed E-state index contributed by atoms with van der Waals surface area (Å²) in [6, 6.07) is 3.85. The van der Waals surface area contributed by atoms with E-state index in [1.807, 2.05) is 40.0 Å². The number of carbonyl (C=O) groups is 1. The number of nitrogens with one attached hydrogen (secondary N) is 1. The summed E-state index contributed by atoms with van der Waals surface area (Å²) in [5.41, 5.74) is 0.757. The number of nitrogens with zero attached hydrogens (tertiary/aromatic N) is 4. The van der Waals surface area contributed by atoms with E-state index in [4.69, 9.17) is 9.47 Å². The molecule has 2 aliphatic heterocycles. The highest BCUT2D eigenvalue weighted by Crippen LogP contribution is 2.38. The Morgan fingerprint density at radius 2 is 2.26 bits per heavy atom. The maximum atomic E-state index is 12.7. The summed E-state index contributed by atoms with van der Waals surface area (Å²) < 4.78 is 11.2. The van der Waals surface area contributed by atoms with Crippen molar-refractivity contribution in [2.45, 2.75) is 52.2 Å². The first-order valence-electron chi connectivity index (χ1n) is 11.2. The first-order chi connectivity index (χ1) is 14.8. The van der Waals surface area contributed by atoms with Gasteiger partial charge >= 0.3 is 6.09 Å². The molecular weight excluding hydrogens is 394 g/mol. The quantitative estimate of drug-likeness (QED) is 0.424. The summed E-state index contributed by atoms with van der Waals surface area (Å²) in [4.78, 5) is 25.4. The number of pyridine rings is 1. The number of guanidine groups is 1. The van der Waals surface area contributed by atoms with Gasteiger partial charge in [-0.3, -0.25) is 9.98 Å². The van der Waals surface area contributed by atoms with E-state index in [2.05, 4.69) is 20.2 Å². The van der Waals surface area contributed by atoms with Crippen LogP contribution in [0.25, 0.3) is 0 Å². The second-order valence-corrected chi connectivity index (χ2v) is 9.56. The average molecular weight is 432 g/mol. The predicted molar refractivity (Wildman–Crippen MR) is 121 cm³/mol. The van der Waals surface area contributed by atoms with Crippen LogP contribution in [-0.2, 0) is 16.0 Å². The smallest absolute Gasteiger partial charge is 0.410 e. The Morgan fingerprint density at radius 1 is 1.42 bits per heavy atom. The number of aliphatic imine (C=N–C) groups is 1. The zero-order valence-corrected chi connectivity index (χ0v) is 19.4. The Balaban J connectivity index is 1.50. The van der Waals surface area contributed by atoms with Gasteiger partial charge in [0, 0.05) is 57.6 Å². The molecule has 0 aromatic carbocycles. The number of hydrogen-bond donors (Lipinski definition) is 1. The van der Waals surface area contributed by atoms with E-state index in [0.29, 0.717) is 18.5 Å². The molecule has 8 nitrogen and oxygen atoms in total. The lowest BCUT2D eigenvalue weighted by Crippen LogP contribution is -2.43. The zero-order chi connectivity index (χ0) is 22.3. The van der Waals surface area contributed by atoms with Gasteiger partial charge in [0.25, 0.3) is 0 Å². The monoisotopic (exact) mass is 431 g/mol. The van der Waals surface area contributed by atoms with Gasteiger partial charge in [-0.2, -0.15) is 0 Å². The summed E-state index contributed by atoms with van der Waals surface area (Å²) in [6.07, 6.45) is 6.30. The molecule has 1 unspecified atom stereocenters. The van der Waals surface area contributed by atoms with E-state index in [9.17, 15) is 4.79 Å². The fourth-order valence-corrected chi connectivity index (χ4v) is 4.16. The fourth-order valence-electron chi connectivity index (χ4n) is 4.16. The van der Waals surface area contributed by atoms with Crippen LogP contribution in [0.1, 0.15) is 45.6 Å². The summed E-state index contributed by atoms with van der Waals surface area (Å²) in [7, 11) is 1.83. The Morgan fingerprint density at radius 3 is 2.90 bits per heavy atom. The third kappa shape index (κ3) is 6.82. The average Bonchev–Trinajstić information content (AvgIpc) is 3.36. The number of amides is 1. The molecule has 1 spiro atoms. The maximum absolute atomic E-state index is 12.7. The van der Waals surface area contributed by atoms with Crippen LogP contribution in [0.3, 0.4) is 0 Å². The van der Waals surface area contributed by atoms with Crippen molar-refractivity contribution in [1.29, 1.82) is 0 Å². The molecule has 31 heavy (non-hydrogen) atoms. The molecule has 1 atom stereocenters. The first kappa shape index (κ1) is 23.3. The van der Waals surface area contributed by atoms with Crippen molar-refractivity contribution in [2.24, 2.45) is 10.4 Å². The standard InChI is InChI=1S/C23H37N5O3/c1-22(2,3)31-21(29)27(16-19-7-5-10-25-15-19)12-6-11-26-20(24-4)28-13-8-23(17-28)9-14-30-18-23/h5,7,10,15H,6,8-9,11-14,16-18H2,1-4H3,(H,24,26).